The van der Waals surface area contributed by atoms with Crippen LogP contribution in [0, 0.1) is 5.41 Å². The van der Waals surface area contributed by atoms with Crippen LogP contribution in [0.5, 0.6) is 0 Å². The van der Waals surface area contributed by atoms with Gasteiger partial charge in [-0.15, -0.1) is 0 Å². The summed E-state index contributed by atoms with van der Waals surface area (Å²) in [6, 6.07) is 0. The third kappa shape index (κ3) is 2.54. The van der Waals surface area contributed by atoms with E-state index in [1.54, 1.807) is 0 Å². The first kappa shape index (κ1) is 15.5. The number of aromatic nitrogens is 2. The fourth-order valence-electron chi connectivity index (χ4n) is 4.00. The molecule has 6 nitrogen and oxygen atoms in total. The van der Waals surface area contributed by atoms with Crippen LogP contribution in [0.1, 0.15) is 43.9 Å². The first-order valence-corrected chi connectivity index (χ1v) is 8.29. The molecule has 0 radical (unpaired) electrons. The van der Waals surface area contributed by atoms with E-state index in [-0.39, 0.29) is 6.61 Å². The molecule has 0 saturated carbocycles. The lowest BCUT2D eigenvalue weighted by molar-refractivity contribution is -0.0353. The van der Waals surface area contributed by atoms with Crippen molar-refractivity contribution in [1.29, 1.82) is 0 Å². The summed E-state index contributed by atoms with van der Waals surface area (Å²) < 4.78 is 0. The molecular formula is C16H26N4O2. The number of anilines is 2. The first-order chi connectivity index (χ1) is 10.6. The zero-order chi connectivity index (χ0) is 15.7. The number of aliphatic hydroxyl groups is 2. The number of rotatable bonds is 4. The van der Waals surface area contributed by atoms with E-state index in [4.69, 9.17) is 5.73 Å². The standard InChI is InChI=1S/C16H26N4O2/c1-2-7-16(10-21)9-20(8-6-13(16)22)14-11-4-3-5-12(11)18-15(17)19-14/h13,21-22H,2-10H2,1H3,(H2,17,18,19)/t13-,16-/m0/s1. The summed E-state index contributed by atoms with van der Waals surface area (Å²) in [6.07, 6.45) is 4.99. The first-order valence-electron chi connectivity index (χ1n) is 8.29. The Kier molecular flexibility index (Phi) is 4.23. The summed E-state index contributed by atoms with van der Waals surface area (Å²) in [5, 5.41) is 20.3. The number of nitrogen functional groups attached to an aromatic ring is 1. The molecule has 0 aromatic carbocycles. The Labute approximate surface area is 131 Å². The third-order valence-electron chi connectivity index (χ3n) is 5.18. The van der Waals surface area contributed by atoms with E-state index < -0.39 is 11.5 Å². The molecule has 0 bridgehead atoms. The predicted octanol–water partition coefficient (Wildman–Crippen LogP) is 0.897. The average molecular weight is 306 g/mol. The molecule has 1 aliphatic heterocycles. The van der Waals surface area contributed by atoms with Crippen molar-refractivity contribution < 1.29 is 10.2 Å². The summed E-state index contributed by atoms with van der Waals surface area (Å²) in [5.74, 6) is 1.24. The fraction of sp³-hybridized carbons (Fsp3) is 0.750. The van der Waals surface area contributed by atoms with Crippen molar-refractivity contribution in [2.75, 3.05) is 30.3 Å². The molecule has 4 N–H and O–H groups in total. The molecule has 0 unspecified atom stereocenters. The fourth-order valence-corrected chi connectivity index (χ4v) is 4.00. The largest absolute Gasteiger partial charge is 0.396 e. The molecule has 122 valence electrons. The van der Waals surface area contributed by atoms with E-state index in [9.17, 15) is 10.2 Å². The van der Waals surface area contributed by atoms with Crippen LogP contribution in [0.25, 0.3) is 0 Å². The molecule has 22 heavy (non-hydrogen) atoms. The number of nitrogens with two attached hydrogens (primary N) is 1. The van der Waals surface area contributed by atoms with Crippen molar-refractivity contribution in [3.05, 3.63) is 11.3 Å². The normalized spacial score (nSPS) is 28.0. The number of aryl methyl sites for hydroxylation is 1. The third-order valence-corrected chi connectivity index (χ3v) is 5.18. The maximum absolute atomic E-state index is 10.4. The molecule has 0 amide bonds. The molecule has 1 aliphatic carbocycles. The topological polar surface area (TPSA) is 95.5 Å². The van der Waals surface area contributed by atoms with Gasteiger partial charge in [-0.2, -0.15) is 4.98 Å². The van der Waals surface area contributed by atoms with Crippen LogP contribution in [-0.2, 0) is 12.8 Å². The number of aliphatic hydroxyl groups excluding tert-OH is 2. The lowest BCUT2D eigenvalue weighted by Crippen LogP contribution is -2.54. The summed E-state index contributed by atoms with van der Waals surface area (Å²) in [4.78, 5) is 11.0. The van der Waals surface area contributed by atoms with Gasteiger partial charge >= 0.3 is 0 Å². The van der Waals surface area contributed by atoms with Gasteiger partial charge in [0.15, 0.2) is 0 Å². The smallest absolute Gasteiger partial charge is 0.222 e. The van der Waals surface area contributed by atoms with Crippen LogP contribution in [0.4, 0.5) is 11.8 Å². The second-order valence-electron chi connectivity index (χ2n) is 6.68. The minimum absolute atomic E-state index is 0.00125. The Bertz CT molecular complexity index is 551. The monoisotopic (exact) mass is 306 g/mol. The summed E-state index contributed by atoms with van der Waals surface area (Å²) in [6.45, 7) is 3.46. The van der Waals surface area contributed by atoms with Crippen molar-refractivity contribution >= 4 is 11.8 Å². The van der Waals surface area contributed by atoms with Gasteiger partial charge in [0.05, 0.1) is 18.4 Å². The van der Waals surface area contributed by atoms with Crippen molar-refractivity contribution in [3.8, 4) is 0 Å². The molecule has 1 saturated heterocycles. The SMILES string of the molecule is CCC[C@@]1(CO)CN(c2nc(N)nc3c2CCC3)CC[C@@H]1O. The number of hydrogen-bond donors (Lipinski definition) is 3. The molecule has 6 heteroatoms. The Balaban J connectivity index is 1.93. The molecule has 1 aromatic heterocycles. The lowest BCUT2D eigenvalue weighted by Gasteiger charge is -2.46. The van der Waals surface area contributed by atoms with Gasteiger partial charge in [-0.05, 0) is 32.1 Å². The summed E-state index contributed by atoms with van der Waals surface area (Å²) in [5.41, 5.74) is 7.69. The Morgan fingerprint density at radius 3 is 2.91 bits per heavy atom. The van der Waals surface area contributed by atoms with Crippen LogP contribution >= 0.6 is 0 Å². The van der Waals surface area contributed by atoms with E-state index in [2.05, 4.69) is 21.8 Å². The van der Waals surface area contributed by atoms with Crippen molar-refractivity contribution in [2.45, 2.75) is 51.6 Å². The van der Waals surface area contributed by atoms with E-state index in [1.165, 1.54) is 5.56 Å². The second-order valence-corrected chi connectivity index (χ2v) is 6.68. The Morgan fingerprint density at radius 1 is 1.36 bits per heavy atom. The molecule has 1 aromatic rings. The highest BCUT2D eigenvalue weighted by molar-refractivity contribution is 5.54. The minimum atomic E-state index is -0.460. The highest BCUT2D eigenvalue weighted by Crippen LogP contribution is 2.38. The number of piperidine rings is 1. The predicted molar refractivity (Wildman–Crippen MR) is 85.7 cm³/mol. The molecule has 0 spiro atoms. The second kappa shape index (κ2) is 6.01. The van der Waals surface area contributed by atoms with Gasteiger partial charge < -0.3 is 20.8 Å². The summed E-state index contributed by atoms with van der Waals surface area (Å²) in [7, 11) is 0. The van der Waals surface area contributed by atoms with Gasteiger partial charge in [-0.3, -0.25) is 0 Å². The lowest BCUT2D eigenvalue weighted by atomic mass is 9.74. The summed E-state index contributed by atoms with van der Waals surface area (Å²) >= 11 is 0. The number of nitrogens with zero attached hydrogens (tertiary/aromatic N) is 3. The van der Waals surface area contributed by atoms with Crippen molar-refractivity contribution in [2.24, 2.45) is 5.41 Å². The highest BCUT2D eigenvalue weighted by atomic mass is 16.3. The molecular weight excluding hydrogens is 280 g/mol. The molecule has 2 atom stereocenters. The Hall–Kier alpha value is -1.40. The maximum Gasteiger partial charge on any atom is 0.222 e. The zero-order valence-electron chi connectivity index (χ0n) is 13.3. The van der Waals surface area contributed by atoms with Gasteiger partial charge in [0, 0.05) is 24.1 Å². The van der Waals surface area contributed by atoms with E-state index >= 15 is 0 Å². The van der Waals surface area contributed by atoms with Crippen molar-refractivity contribution in [1.82, 2.24) is 9.97 Å². The minimum Gasteiger partial charge on any atom is -0.396 e. The van der Waals surface area contributed by atoms with Crippen LogP contribution in [-0.4, -0.2) is 46.0 Å². The van der Waals surface area contributed by atoms with Gasteiger partial charge in [0.1, 0.15) is 5.82 Å². The molecule has 3 rings (SSSR count). The van der Waals surface area contributed by atoms with E-state index in [0.29, 0.717) is 18.9 Å². The maximum atomic E-state index is 10.4. The van der Waals surface area contributed by atoms with Gasteiger partial charge in [0.25, 0.3) is 0 Å². The number of fused-ring (bicyclic) bond motifs is 1. The van der Waals surface area contributed by atoms with E-state index in [0.717, 1.165) is 50.2 Å². The van der Waals surface area contributed by atoms with Crippen LogP contribution in [0.2, 0.25) is 0 Å². The van der Waals surface area contributed by atoms with Crippen LogP contribution in [0.3, 0.4) is 0 Å². The highest BCUT2D eigenvalue weighted by Gasteiger charge is 2.42. The number of hydrogen-bond acceptors (Lipinski definition) is 6. The van der Waals surface area contributed by atoms with Gasteiger partial charge in [-0.1, -0.05) is 13.3 Å². The van der Waals surface area contributed by atoms with Gasteiger partial charge in [0.2, 0.25) is 5.95 Å². The van der Waals surface area contributed by atoms with Crippen molar-refractivity contribution in [3.63, 3.8) is 0 Å². The van der Waals surface area contributed by atoms with Gasteiger partial charge in [-0.25, -0.2) is 4.98 Å². The van der Waals surface area contributed by atoms with Crippen LogP contribution in [0.15, 0.2) is 0 Å². The van der Waals surface area contributed by atoms with E-state index in [1.807, 2.05) is 0 Å². The molecule has 2 aliphatic rings. The Morgan fingerprint density at radius 2 is 2.18 bits per heavy atom. The zero-order valence-corrected chi connectivity index (χ0v) is 13.3. The van der Waals surface area contributed by atoms with Crippen LogP contribution < -0.4 is 10.6 Å². The average Bonchev–Trinajstić information content (AvgIpc) is 2.97. The molecule has 2 heterocycles. The quantitative estimate of drug-likeness (QED) is 0.765. The molecule has 1 fully saturated rings.